The van der Waals surface area contributed by atoms with Crippen molar-refractivity contribution in [3.63, 3.8) is 0 Å². The van der Waals surface area contributed by atoms with Crippen LogP contribution in [0.2, 0.25) is 0 Å². The Morgan fingerprint density at radius 3 is 2.37 bits per heavy atom. The number of methoxy groups -OCH3 is 1. The first-order chi connectivity index (χ1) is 18.0. The fourth-order valence-corrected chi connectivity index (χ4v) is 5.16. The van der Waals surface area contributed by atoms with Gasteiger partial charge in [-0.15, -0.1) is 0 Å². The molecule has 0 radical (unpaired) electrons. The van der Waals surface area contributed by atoms with Crippen molar-refractivity contribution in [3.05, 3.63) is 54.1 Å². The molecular formula is C28H41N3O6S. The summed E-state index contributed by atoms with van der Waals surface area (Å²) in [6.07, 6.45) is 1.91. The van der Waals surface area contributed by atoms with E-state index in [1.165, 1.54) is 4.31 Å². The van der Waals surface area contributed by atoms with E-state index in [9.17, 15) is 18.0 Å². The first-order valence-corrected chi connectivity index (χ1v) is 14.8. The van der Waals surface area contributed by atoms with Crippen LogP contribution in [-0.4, -0.2) is 63.7 Å². The first kappa shape index (κ1) is 31.0. The Labute approximate surface area is 227 Å². The van der Waals surface area contributed by atoms with Crippen LogP contribution in [0.25, 0.3) is 0 Å². The third-order valence-corrected chi connectivity index (χ3v) is 7.07. The van der Waals surface area contributed by atoms with Gasteiger partial charge in [0, 0.05) is 25.6 Å². The lowest BCUT2D eigenvalue weighted by atomic mass is 10.1. The second-order valence-corrected chi connectivity index (χ2v) is 11.2. The van der Waals surface area contributed by atoms with Crippen molar-refractivity contribution < 1.29 is 27.5 Å². The molecule has 38 heavy (non-hydrogen) atoms. The summed E-state index contributed by atoms with van der Waals surface area (Å²) < 4.78 is 37.5. The number of benzene rings is 2. The molecule has 0 aliphatic carbocycles. The lowest BCUT2D eigenvalue weighted by Crippen LogP contribution is -2.50. The zero-order valence-corrected chi connectivity index (χ0v) is 24.1. The van der Waals surface area contributed by atoms with Gasteiger partial charge in [0.05, 0.1) is 25.7 Å². The van der Waals surface area contributed by atoms with Crippen LogP contribution in [0.3, 0.4) is 0 Å². The Hall–Kier alpha value is -3.27. The molecule has 0 aromatic heterocycles. The summed E-state index contributed by atoms with van der Waals surface area (Å²) in [6.45, 7) is 8.16. The molecule has 0 unspecified atom stereocenters. The first-order valence-electron chi connectivity index (χ1n) is 12.9. The molecule has 9 nitrogen and oxygen atoms in total. The van der Waals surface area contributed by atoms with E-state index in [2.05, 4.69) is 5.32 Å². The number of carbonyl (C=O) groups excluding carboxylic acids is 2. The molecule has 0 heterocycles. The maximum Gasteiger partial charge on any atom is 0.243 e. The van der Waals surface area contributed by atoms with Crippen molar-refractivity contribution >= 4 is 27.5 Å². The Morgan fingerprint density at radius 2 is 1.76 bits per heavy atom. The van der Waals surface area contributed by atoms with Gasteiger partial charge < -0.3 is 19.7 Å². The number of para-hydroxylation sites is 2. The summed E-state index contributed by atoms with van der Waals surface area (Å²) in [6, 6.07) is 13.6. The number of nitrogens with zero attached hydrogens (tertiary/aromatic N) is 2. The molecule has 2 aromatic rings. The number of hydrogen-bond acceptors (Lipinski definition) is 6. The van der Waals surface area contributed by atoms with Crippen molar-refractivity contribution in [2.45, 2.75) is 65.6 Å². The van der Waals surface area contributed by atoms with E-state index in [4.69, 9.17) is 9.47 Å². The highest BCUT2D eigenvalue weighted by molar-refractivity contribution is 7.92. The highest BCUT2D eigenvalue weighted by atomic mass is 32.2. The molecule has 0 spiro atoms. The number of rotatable bonds is 15. The maximum atomic E-state index is 13.6. The van der Waals surface area contributed by atoms with Crippen LogP contribution < -0.4 is 19.1 Å². The van der Waals surface area contributed by atoms with Crippen molar-refractivity contribution in [2.24, 2.45) is 0 Å². The molecule has 210 valence electrons. The Balaban J connectivity index is 2.27. The maximum absolute atomic E-state index is 13.6. The van der Waals surface area contributed by atoms with Crippen LogP contribution in [-0.2, 0) is 26.2 Å². The van der Waals surface area contributed by atoms with Gasteiger partial charge in [0.2, 0.25) is 21.8 Å². The van der Waals surface area contributed by atoms with Crippen LogP contribution in [0.15, 0.2) is 48.5 Å². The van der Waals surface area contributed by atoms with E-state index in [0.29, 0.717) is 30.2 Å². The normalized spacial score (nSPS) is 12.1. The van der Waals surface area contributed by atoms with Crippen LogP contribution in [0.4, 0.5) is 5.69 Å². The number of amides is 2. The lowest BCUT2D eigenvalue weighted by Gasteiger charge is -2.31. The predicted octanol–water partition coefficient (Wildman–Crippen LogP) is 3.97. The van der Waals surface area contributed by atoms with Gasteiger partial charge in [-0.3, -0.25) is 13.9 Å². The quantitative estimate of drug-likeness (QED) is 0.362. The average molecular weight is 548 g/mol. The molecule has 2 rings (SSSR count). The summed E-state index contributed by atoms with van der Waals surface area (Å²) in [7, 11) is -2.06. The van der Waals surface area contributed by atoms with Crippen molar-refractivity contribution in [3.8, 4) is 11.5 Å². The molecule has 1 atom stereocenters. The number of sulfonamides is 1. The Kier molecular flexibility index (Phi) is 11.9. The third kappa shape index (κ3) is 8.93. The summed E-state index contributed by atoms with van der Waals surface area (Å²) in [4.78, 5) is 28.1. The van der Waals surface area contributed by atoms with Gasteiger partial charge in [-0.2, -0.15) is 0 Å². The number of hydrogen-bond donors (Lipinski definition) is 1. The van der Waals surface area contributed by atoms with E-state index in [1.54, 1.807) is 36.3 Å². The van der Waals surface area contributed by atoms with Crippen LogP contribution >= 0.6 is 0 Å². The third-order valence-electron chi connectivity index (χ3n) is 5.89. The highest BCUT2D eigenvalue weighted by Crippen LogP contribution is 2.30. The van der Waals surface area contributed by atoms with Gasteiger partial charge >= 0.3 is 0 Å². The Bertz CT molecular complexity index is 1170. The summed E-state index contributed by atoms with van der Waals surface area (Å²) >= 11 is 0. The minimum absolute atomic E-state index is 0.0677. The monoisotopic (exact) mass is 547 g/mol. The van der Waals surface area contributed by atoms with Crippen molar-refractivity contribution in [1.29, 1.82) is 0 Å². The van der Waals surface area contributed by atoms with Gasteiger partial charge in [-0.25, -0.2) is 8.42 Å². The number of nitrogens with one attached hydrogen (secondary N) is 1. The second-order valence-electron chi connectivity index (χ2n) is 9.30. The molecule has 0 bridgehead atoms. The second kappa shape index (κ2) is 14.6. The van der Waals surface area contributed by atoms with Gasteiger partial charge in [-0.05, 0) is 63.4 Å². The van der Waals surface area contributed by atoms with Crippen molar-refractivity contribution in [1.82, 2.24) is 10.2 Å². The summed E-state index contributed by atoms with van der Waals surface area (Å²) in [5.41, 5.74) is 1.26. The van der Waals surface area contributed by atoms with Gasteiger partial charge in [0.25, 0.3) is 0 Å². The molecule has 10 heteroatoms. The number of ether oxygens (including phenoxy) is 2. The topological polar surface area (TPSA) is 105 Å². The molecule has 0 saturated heterocycles. The van der Waals surface area contributed by atoms with E-state index in [-0.39, 0.29) is 43.8 Å². The molecule has 0 fully saturated rings. The van der Waals surface area contributed by atoms with Crippen LogP contribution in [0.1, 0.15) is 52.5 Å². The molecule has 2 aromatic carbocycles. The number of carbonyl (C=O) groups is 2. The average Bonchev–Trinajstić information content (AvgIpc) is 2.86. The van der Waals surface area contributed by atoms with Crippen LogP contribution in [0.5, 0.6) is 11.5 Å². The zero-order valence-electron chi connectivity index (χ0n) is 23.3. The smallest absolute Gasteiger partial charge is 0.243 e. The molecule has 2 amide bonds. The minimum Gasteiger partial charge on any atom is -0.497 e. The fourth-order valence-electron chi connectivity index (χ4n) is 4.19. The predicted molar refractivity (Wildman–Crippen MR) is 150 cm³/mol. The summed E-state index contributed by atoms with van der Waals surface area (Å²) in [5, 5.41) is 2.91. The molecule has 0 saturated carbocycles. The molecular weight excluding hydrogens is 506 g/mol. The van der Waals surface area contributed by atoms with Crippen LogP contribution in [0, 0.1) is 0 Å². The van der Waals surface area contributed by atoms with Gasteiger partial charge in [0.1, 0.15) is 17.5 Å². The zero-order chi connectivity index (χ0) is 28.3. The molecule has 1 N–H and O–H groups in total. The molecule has 0 aliphatic heterocycles. The van der Waals surface area contributed by atoms with E-state index >= 15 is 0 Å². The van der Waals surface area contributed by atoms with Gasteiger partial charge in [-0.1, -0.05) is 31.2 Å². The Morgan fingerprint density at radius 1 is 1.05 bits per heavy atom. The minimum atomic E-state index is -3.63. The molecule has 0 aliphatic rings. The van der Waals surface area contributed by atoms with Crippen molar-refractivity contribution in [2.75, 3.05) is 30.8 Å². The van der Waals surface area contributed by atoms with E-state index in [0.717, 1.165) is 11.8 Å². The van der Waals surface area contributed by atoms with E-state index in [1.807, 2.05) is 52.0 Å². The van der Waals surface area contributed by atoms with E-state index < -0.39 is 16.1 Å². The fraction of sp³-hybridized carbons (Fsp3) is 0.500. The SMILES string of the molecule is CCOc1ccccc1N(CCCC(=O)N(Cc1cccc(OC)c1)[C@@H](CC)C(=O)NC(C)C)S(C)(=O)=O. The van der Waals surface area contributed by atoms with Gasteiger partial charge in [0.15, 0.2) is 0 Å². The standard InChI is InChI=1S/C28H41N3O6S/c1-7-24(28(33)29-21(3)4)30(20-22-13-11-14-23(19-22)36-5)27(32)17-12-18-31(38(6,34)35)25-15-9-10-16-26(25)37-8-2/h9-11,13-16,19,21,24H,7-8,12,17-18,20H2,1-6H3,(H,29,33)/t24-/m0/s1. The number of anilines is 1. The largest absolute Gasteiger partial charge is 0.497 e. The summed E-state index contributed by atoms with van der Waals surface area (Å²) in [5.74, 6) is 0.668. The highest BCUT2D eigenvalue weighted by Gasteiger charge is 2.29. The lowest BCUT2D eigenvalue weighted by molar-refractivity contribution is -0.141.